The predicted octanol–water partition coefficient (Wildman–Crippen LogP) is 2.75. The molecule has 1 aliphatic heterocycles. The third-order valence-electron chi connectivity index (χ3n) is 3.56. The normalized spacial score (nSPS) is 17.6. The highest BCUT2D eigenvalue weighted by Gasteiger charge is 2.42. The Morgan fingerprint density at radius 2 is 1.57 bits per heavy atom. The number of fused-ring (bicyclic) bond motifs is 1. The summed E-state index contributed by atoms with van der Waals surface area (Å²) in [5.41, 5.74) is 1.58. The maximum absolute atomic E-state index is 12.6. The van der Waals surface area contributed by atoms with Crippen molar-refractivity contribution in [1.29, 1.82) is 0 Å². The molecule has 0 bridgehead atoms. The monoisotopic (exact) mass is 279 g/mol. The summed E-state index contributed by atoms with van der Waals surface area (Å²) in [5, 5.41) is 0. The Hall–Kier alpha value is -2.75. The Kier molecular flexibility index (Phi) is 3.14. The number of nitrogens with zero attached hydrogens (tertiary/aromatic N) is 1. The first kappa shape index (κ1) is 13.2. The Bertz CT molecular complexity index is 737. The van der Waals surface area contributed by atoms with Gasteiger partial charge >= 0.3 is 0 Å². The van der Waals surface area contributed by atoms with Crippen LogP contribution in [0.3, 0.4) is 0 Å². The second-order valence-corrected chi connectivity index (χ2v) is 4.93. The van der Waals surface area contributed by atoms with Crippen LogP contribution < -0.4 is 4.90 Å². The van der Waals surface area contributed by atoms with Crippen molar-refractivity contribution < 1.29 is 14.4 Å². The van der Waals surface area contributed by atoms with Gasteiger partial charge in [0.1, 0.15) is 5.78 Å². The number of benzene rings is 2. The van der Waals surface area contributed by atoms with E-state index in [0.29, 0.717) is 16.9 Å². The van der Waals surface area contributed by atoms with E-state index in [-0.39, 0.29) is 0 Å². The molecule has 1 amide bonds. The van der Waals surface area contributed by atoms with Crippen molar-refractivity contribution in [2.24, 2.45) is 5.92 Å². The second-order valence-electron chi connectivity index (χ2n) is 4.93. The van der Waals surface area contributed by atoms with Gasteiger partial charge in [-0.1, -0.05) is 30.3 Å². The predicted molar refractivity (Wildman–Crippen MR) is 78.5 cm³/mol. The van der Waals surface area contributed by atoms with Crippen LogP contribution in [0.4, 0.5) is 11.4 Å². The van der Waals surface area contributed by atoms with Crippen molar-refractivity contribution in [2.45, 2.75) is 6.92 Å². The highest BCUT2D eigenvalue weighted by molar-refractivity contribution is 6.32. The quantitative estimate of drug-likeness (QED) is 0.794. The Balaban J connectivity index is 2.23. The Labute approximate surface area is 122 Å². The van der Waals surface area contributed by atoms with Crippen molar-refractivity contribution in [3.63, 3.8) is 0 Å². The van der Waals surface area contributed by atoms with Gasteiger partial charge in [-0.15, -0.1) is 0 Å². The highest BCUT2D eigenvalue weighted by Crippen LogP contribution is 2.36. The van der Waals surface area contributed by atoms with Gasteiger partial charge in [0, 0.05) is 11.3 Å². The molecular weight excluding hydrogens is 266 g/mol. The van der Waals surface area contributed by atoms with Gasteiger partial charge in [-0.25, -0.2) is 0 Å². The van der Waals surface area contributed by atoms with Gasteiger partial charge in [-0.3, -0.25) is 19.3 Å². The average Bonchev–Trinajstić information content (AvgIpc) is 2.48. The van der Waals surface area contributed by atoms with Gasteiger partial charge in [0.15, 0.2) is 11.7 Å². The van der Waals surface area contributed by atoms with Crippen LogP contribution in [0.15, 0.2) is 54.6 Å². The van der Waals surface area contributed by atoms with Gasteiger partial charge < -0.3 is 0 Å². The third kappa shape index (κ3) is 2.05. The lowest BCUT2D eigenvalue weighted by Crippen LogP contribution is -2.45. The fraction of sp³-hybridized carbons (Fsp3) is 0.118. The number of hydrogen-bond acceptors (Lipinski definition) is 3. The minimum Gasteiger partial charge on any atom is -0.299 e. The first-order valence-corrected chi connectivity index (χ1v) is 6.64. The van der Waals surface area contributed by atoms with Crippen LogP contribution in [0.2, 0.25) is 0 Å². The van der Waals surface area contributed by atoms with Crippen molar-refractivity contribution >= 4 is 28.8 Å². The van der Waals surface area contributed by atoms with Crippen molar-refractivity contribution in [3.05, 3.63) is 60.2 Å². The molecule has 0 saturated heterocycles. The van der Waals surface area contributed by atoms with Crippen LogP contribution in [-0.2, 0) is 9.59 Å². The summed E-state index contributed by atoms with van der Waals surface area (Å²) >= 11 is 0. The van der Waals surface area contributed by atoms with Gasteiger partial charge in [0.05, 0.1) is 5.69 Å². The number of amides is 1. The summed E-state index contributed by atoms with van der Waals surface area (Å²) in [6, 6.07) is 15.9. The van der Waals surface area contributed by atoms with E-state index in [1.54, 1.807) is 36.4 Å². The minimum atomic E-state index is -1.25. The molecule has 0 aliphatic carbocycles. The SMILES string of the molecule is CC(=O)C1C(=O)c2ccccc2N(c2ccccc2)C1=O. The van der Waals surface area contributed by atoms with E-state index in [1.807, 2.05) is 18.2 Å². The first-order chi connectivity index (χ1) is 10.1. The molecule has 1 atom stereocenters. The summed E-state index contributed by atoms with van der Waals surface area (Å²) in [4.78, 5) is 38.2. The topological polar surface area (TPSA) is 54.5 Å². The smallest absolute Gasteiger partial charge is 0.250 e. The number of anilines is 2. The molecule has 0 saturated carbocycles. The molecule has 0 N–H and O–H groups in total. The van der Waals surface area contributed by atoms with Gasteiger partial charge in [0.2, 0.25) is 5.91 Å². The highest BCUT2D eigenvalue weighted by atomic mass is 16.2. The number of Topliss-reactive ketones (excluding diaryl/α,β-unsaturated/α-hetero) is 2. The van der Waals surface area contributed by atoms with Crippen LogP contribution in [0, 0.1) is 5.92 Å². The maximum atomic E-state index is 12.6. The lowest BCUT2D eigenvalue weighted by molar-refractivity contribution is -0.129. The van der Waals surface area contributed by atoms with Crippen molar-refractivity contribution in [2.75, 3.05) is 4.90 Å². The van der Waals surface area contributed by atoms with Gasteiger partial charge in [0.25, 0.3) is 0 Å². The van der Waals surface area contributed by atoms with Crippen LogP contribution in [0.5, 0.6) is 0 Å². The zero-order valence-electron chi connectivity index (χ0n) is 11.4. The molecule has 104 valence electrons. The van der Waals surface area contributed by atoms with Gasteiger partial charge in [-0.2, -0.15) is 0 Å². The molecular formula is C17H13NO3. The average molecular weight is 279 g/mol. The number of carbonyl (C=O) groups excluding carboxylic acids is 3. The molecule has 4 heteroatoms. The van der Waals surface area contributed by atoms with E-state index in [1.165, 1.54) is 11.8 Å². The number of hydrogen-bond donors (Lipinski definition) is 0. The summed E-state index contributed by atoms with van der Waals surface area (Å²) < 4.78 is 0. The fourth-order valence-corrected chi connectivity index (χ4v) is 2.59. The molecule has 3 rings (SSSR count). The van der Waals surface area contributed by atoms with E-state index in [4.69, 9.17) is 0 Å². The first-order valence-electron chi connectivity index (χ1n) is 6.64. The number of ketones is 2. The number of rotatable bonds is 2. The summed E-state index contributed by atoms with van der Waals surface area (Å²) in [6.07, 6.45) is 0. The Morgan fingerprint density at radius 3 is 2.24 bits per heavy atom. The van der Waals surface area contributed by atoms with E-state index in [0.717, 1.165) is 0 Å². The van der Waals surface area contributed by atoms with Gasteiger partial charge in [-0.05, 0) is 31.2 Å². The molecule has 1 unspecified atom stereocenters. The molecule has 0 aromatic heterocycles. The third-order valence-corrected chi connectivity index (χ3v) is 3.56. The standard InChI is InChI=1S/C17H13NO3/c1-11(19)15-16(20)13-9-5-6-10-14(13)18(17(15)21)12-7-3-2-4-8-12/h2-10,15H,1H3. The molecule has 4 nitrogen and oxygen atoms in total. The minimum absolute atomic E-state index is 0.404. The zero-order chi connectivity index (χ0) is 15.0. The van der Waals surface area contributed by atoms with Crippen molar-refractivity contribution in [1.82, 2.24) is 0 Å². The molecule has 1 aliphatic rings. The summed E-state index contributed by atoms with van der Waals surface area (Å²) in [7, 11) is 0. The maximum Gasteiger partial charge on any atom is 0.250 e. The fourth-order valence-electron chi connectivity index (χ4n) is 2.59. The number of carbonyl (C=O) groups is 3. The van der Waals surface area contributed by atoms with Crippen molar-refractivity contribution in [3.8, 4) is 0 Å². The van der Waals surface area contributed by atoms with Crippen LogP contribution in [0.25, 0.3) is 0 Å². The van der Waals surface area contributed by atoms with E-state index in [9.17, 15) is 14.4 Å². The lowest BCUT2D eigenvalue weighted by atomic mass is 9.87. The molecule has 1 heterocycles. The molecule has 2 aromatic rings. The number of para-hydroxylation sites is 2. The van der Waals surface area contributed by atoms with E-state index in [2.05, 4.69) is 0 Å². The molecule has 21 heavy (non-hydrogen) atoms. The molecule has 0 spiro atoms. The van der Waals surface area contributed by atoms with Crippen LogP contribution in [0.1, 0.15) is 17.3 Å². The van der Waals surface area contributed by atoms with E-state index >= 15 is 0 Å². The van der Waals surface area contributed by atoms with Crippen LogP contribution in [-0.4, -0.2) is 17.5 Å². The zero-order valence-corrected chi connectivity index (χ0v) is 11.4. The summed E-state index contributed by atoms with van der Waals surface area (Å²) in [6.45, 7) is 1.28. The Morgan fingerprint density at radius 1 is 0.952 bits per heavy atom. The second kappa shape index (κ2) is 4.98. The molecule has 0 fully saturated rings. The lowest BCUT2D eigenvalue weighted by Gasteiger charge is -2.32. The van der Waals surface area contributed by atoms with Crippen LogP contribution >= 0.6 is 0 Å². The summed E-state index contributed by atoms with van der Waals surface area (Å²) in [5.74, 6) is -2.59. The molecule has 0 radical (unpaired) electrons. The molecule has 2 aromatic carbocycles. The largest absolute Gasteiger partial charge is 0.299 e. The van der Waals surface area contributed by atoms with E-state index < -0.39 is 23.4 Å².